The Hall–Kier alpha value is -2.15. The van der Waals surface area contributed by atoms with E-state index in [1.54, 1.807) is 18.2 Å². The molecule has 0 bridgehead atoms. The Balaban J connectivity index is 2.06. The van der Waals surface area contributed by atoms with Gasteiger partial charge in [0.2, 0.25) is 0 Å². The zero-order valence-corrected chi connectivity index (χ0v) is 11.1. The van der Waals surface area contributed by atoms with E-state index in [0.717, 1.165) is 0 Å². The molecule has 19 heavy (non-hydrogen) atoms. The minimum Gasteiger partial charge on any atom is -0.397 e. The quantitative estimate of drug-likeness (QED) is 0.706. The van der Waals surface area contributed by atoms with Crippen molar-refractivity contribution in [1.82, 2.24) is 10.3 Å². The van der Waals surface area contributed by atoms with Crippen molar-refractivity contribution in [2.45, 2.75) is 0 Å². The van der Waals surface area contributed by atoms with Crippen molar-refractivity contribution in [3.05, 3.63) is 40.6 Å². The highest BCUT2D eigenvalue weighted by Gasteiger charge is 2.11. The molecule has 0 saturated carbocycles. The molecule has 1 aromatic heterocycles. The molecule has 0 radical (unpaired) electrons. The number of hydrogen-bond donors (Lipinski definition) is 2. The Labute approximate surface area is 115 Å². The van der Waals surface area contributed by atoms with Gasteiger partial charge in [-0.1, -0.05) is 0 Å². The first-order chi connectivity index (χ1) is 9.15. The van der Waals surface area contributed by atoms with Crippen LogP contribution in [0.3, 0.4) is 0 Å². The number of hydrogen-bond acceptors (Lipinski definition) is 5. The summed E-state index contributed by atoms with van der Waals surface area (Å²) in [5.74, 6) is -0.317. The predicted octanol–water partition coefficient (Wildman–Crippen LogP) is 3.45. The van der Waals surface area contributed by atoms with E-state index in [1.807, 2.05) is 0 Å². The van der Waals surface area contributed by atoms with E-state index in [1.165, 1.54) is 12.1 Å². The van der Waals surface area contributed by atoms with Gasteiger partial charge in [0, 0.05) is 4.47 Å². The maximum absolute atomic E-state index is 13.0. The van der Waals surface area contributed by atoms with E-state index in [2.05, 4.69) is 36.2 Å². The minimum atomic E-state index is -0.317. The summed E-state index contributed by atoms with van der Waals surface area (Å²) >= 11 is 3.29. The minimum absolute atomic E-state index is 0.317. The Morgan fingerprint density at radius 1 is 1.11 bits per heavy atom. The summed E-state index contributed by atoms with van der Waals surface area (Å²) in [6.45, 7) is 0. The Morgan fingerprint density at radius 2 is 1.84 bits per heavy atom. The fraction of sp³-hybridized carbons (Fsp3) is 0. The number of nitrogens with zero attached hydrogens (tertiary/aromatic N) is 2. The van der Waals surface area contributed by atoms with Crippen molar-refractivity contribution < 1.29 is 9.02 Å². The van der Waals surface area contributed by atoms with Crippen molar-refractivity contribution in [1.29, 1.82) is 0 Å². The molecular formula is C12H8BrFN4O. The molecule has 1 heterocycles. The van der Waals surface area contributed by atoms with Gasteiger partial charge in [0.15, 0.2) is 11.0 Å². The first-order valence-corrected chi connectivity index (χ1v) is 6.17. The second kappa shape index (κ2) is 4.51. The second-order valence-electron chi connectivity index (χ2n) is 3.91. The third kappa shape index (κ3) is 2.12. The molecule has 5 nitrogen and oxygen atoms in total. The van der Waals surface area contributed by atoms with Crippen molar-refractivity contribution in [2.24, 2.45) is 0 Å². The van der Waals surface area contributed by atoms with E-state index in [0.29, 0.717) is 32.6 Å². The number of halogens is 2. The largest absolute Gasteiger partial charge is 0.397 e. The van der Waals surface area contributed by atoms with Gasteiger partial charge >= 0.3 is 0 Å². The maximum atomic E-state index is 13.0. The summed E-state index contributed by atoms with van der Waals surface area (Å²) < 4.78 is 18.3. The first-order valence-electron chi connectivity index (χ1n) is 5.38. The summed E-state index contributed by atoms with van der Waals surface area (Å²) in [5.41, 5.74) is 8.65. The number of rotatable bonds is 2. The molecule has 0 aliphatic heterocycles. The van der Waals surface area contributed by atoms with Gasteiger partial charge in [-0.3, -0.25) is 0 Å². The fourth-order valence-electron chi connectivity index (χ4n) is 1.72. The smallest absolute Gasteiger partial charge is 0.160 e. The molecule has 7 heteroatoms. The maximum Gasteiger partial charge on any atom is 0.160 e. The SMILES string of the molecule is Nc1ccc(Nc2ccc(F)cc2Br)c2nonc12. The van der Waals surface area contributed by atoms with Crippen molar-refractivity contribution in [2.75, 3.05) is 11.1 Å². The Kier molecular flexibility index (Phi) is 2.83. The molecule has 0 atom stereocenters. The lowest BCUT2D eigenvalue weighted by molar-refractivity contribution is 0.316. The lowest BCUT2D eigenvalue weighted by atomic mass is 10.2. The van der Waals surface area contributed by atoms with Gasteiger partial charge < -0.3 is 11.1 Å². The summed E-state index contributed by atoms with van der Waals surface area (Å²) in [6, 6.07) is 7.82. The Morgan fingerprint density at radius 3 is 2.63 bits per heavy atom. The molecule has 0 unspecified atom stereocenters. The summed E-state index contributed by atoms with van der Waals surface area (Å²) in [6.07, 6.45) is 0. The third-order valence-corrected chi connectivity index (χ3v) is 3.30. The van der Waals surface area contributed by atoms with Gasteiger partial charge in [-0.25, -0.2) is 9.02 Å². The van der Waals surface area contributed by atoms with Crippen LogP contribution in [0.5, 0.6) is 0 Å². The van der Waals surface area contributed by atoms with Crippen LogP contribution in [0, 0.1) is 5.82 Å². The predicted molar refractivity (Wildman–Crippen MR) is 73.6 cm³/mol. The van der Waals surface area contributed by atoms with Crippen LogP contribution < -0.4 is 11.1 Å². The highest BCUT2D eigenvalue weighted by molar-refractivity contribution is 9.10. The topological polar surface area (TPSA) is 77.0 Å². The summed E-state index contributed by atoms with van der Waals surface area (Å²) in [5, 5.41) is 10.7. The fourth-order valence-corrected chi connectivity index (χ4v) is 2.17. The lowest BCUT2D eigenvalue weighted by Gasteiger charge is -2.09. The van der Waals surface area contributed by atoms with Gasteiger partial charge in [0.25, 0.3) is 0 Å². The van der Waals surface area contributed by atoms with E-state index < -0.39 is 0 Å². The molecule has 0 amide bonds. The average molecular weight is 323 g/mol. The zero-order chi connectivity index (χ0) is 13.4. The molecule has 0 saturated heterocycles. The summed E-state index contributed by atoms with van der Waals surface area (Å²) in [4.78, 5) is 0. The molecule has 0 fully saturated rings. The van der Waals surface area contributed by atoms with Crippen molar-refractivity contribution >= 4 is 44.0 Å². The number of benzene rings is 2. The van der Waals surface area contributed by atoms with Crippen LogP contribution in [-0.4, -0.2) is 10.3 Å². The monoisotopic (exact) mass is 322 g/mol. The molecule has 3 rings (SSSR count). The van der Waals surface area contributed by atoms with Crippen molar-refractivity contribution in [3.8, 4) is 0 Å². The van der Waals surface area contributed by atoms with E-state index in [9.17, 15) is 4.39 Å². The van der Waals surface area contributed by atoms with E-state index in [-0.39, 0.29) is 5.82 Å². The van der Waals surface area contributed by atoms with E-state index in [4.69, 9.17) is 5.73 Å². The van der Waals surface area contributed by atoms with Crippen LogP contribution >= 0.6 is 15.9 Å². The van der Waals surface area contributed by atoms with Gasteiger partial charge in [0.05, 0.1) is 17.1 Å². The van der Waals surface area contributed by atoms with Crippen molar-refractivity contribution in [3.63, 3.8) is 0 Å². The lowest BCUT2D eigenvalue weighted by Crippen LogP contribution is -1.95. The van der Waals surface area contributed by atoms with Crippen LogP contribution in [0.25, 0.3) is 11.0 Å². The van der Waals surface area contributed by atoms with Crippen LogP contribution in [0.2, 0.25) is 0 Å². The Bertz CT molecular complexity index is 759. The number of nitrogens with one attached hydrogen (secondary N) is 1. The third-order valence-electron chi connectivity index (χ3n) is 2.65. The molecule has 3 aromatic rings. The standard InChI is InChI=1S/C12H8BrFN4O/c13-7-5-6(14)1-3-9(7)16-10-4-2-8(15)11-12(10)18-19-17-11/h1-5,16H,15H2. The van der Waals surface area contributed by atoms with Gasteiger partial charge in [-0.05, 0) is 56.6 Å². The average Bonchev–Trinajstić information content (AvgIpc) is 2.86. The van der Waals surface area contributed by atoms with Crippen LogP contribution in [0.4, 0.5) is 21.5 Å². The number of aromatic nitrogens is 2. The molecule has 2 aromatic carbocycles. The van der Waals surface area contributed by atoms with Gasteiger partial charge in [-0.15, -0.1) is 0 Å². The van der Waals surface area contributed by atoms with E-state index >= 15 is 0 Å². The first kappa shape index (κ1) is 11.9. The molecule has 96 valence electrons. The summed E-state index contributed by atoms with van der Waals surface area (Å²) in [7, 11) is 0. The number of anilines is 3. The molecule has 3 N–H and O–H groups in total. The number of fused-ring (bicyclic) bond motifs is 1. The van der Waals surface area contributed by atoms with Crippen LogP contribution in [-0.2, 0) is 0 Å². The molecule has 0 aliphatic carbocycles. The van der Waals surface area contributed by atoms with Gasteiger partial charge in [0.1, 0.15) is 5.82 Å². The highest BCUT2D eigenvalue weighted by Crippen LogP contribution is 2.31. The van der Waals surface area contributed by atoms with Gasteiger partial charge in [-0.2, -0.15) is 0 Å². The van der Waals surface area contributed by atoms with Crippen LogP contribution in [0.1, 0.15) is 0 Å². The normalized spacial score (nSPS) is 10.8. The number of nitrogens with two attached hydrogens (primary N) is 1. The number of nitrogen functional groups attached to an aromatic ring is 1. The molecule has 0 aliphatic rings. The van der Waals surface area contributed by atoms with Crippen LogP contribution in [0.15, 0.2) is 39.4 Å². The zero-order valence-electron chi connectivity index (χ0n) is 9.52. The molecular weight excluding hydrogens is 315 g/mol. The highest BCUT2D eigenvalue weighted by atomic mass is 79.9. The molecule has 0 spiro atoms. The second-order valence-corrected chi connectivity index (χ2v) is 4.77.